The molecule has 3 heteroatoms. The van der Waals surface area contributed by atoms with Gasteiger partial charge in [-0.25, -0.2) is 0 Å². The largest absolute Gasteiger partial charge is 0.326 e. The lowest BCUT2D eigenvalue weighted by atomic mass is 9.72. The summed E-state index contributed by atoms with van der Waals surface area (Å²) in [5.74, 6) is 0.00995. The molecular formula is C19H28N2O. The van der Waals surface area contributed by atoms with E-state index in [1.807, 2.05) is 6.07 Å². The van der Waals surface area contributed by atoms with Gasteiger partial charge in [0.05, 0.1) is 0 Å². The van der Waals surface area contributed by atoms with E-state index in [1.165, 1.54) is 62.7 Å². The first-order valence-corrected chi connectivity index (χ1v) is 8.77. The van der Waals surface area contributed by atoms with E-state index in [4.69, 9.17) is 0 Å². The first-order valence-electron chi connectivity index (χ1n) is 8.77. The molecule has 1 aliphatic heterocycles. The highest BCUT2D eigenvalue weighted by Gasteiger charge is 2.40. The quantitative estimate of drug-likeness (QED) is 0.921. The van der Waals surface area contributed by atoms with Gasteiger partial charge in [-0.3, -0.25) is 9.69 Å². The Kier molecular flexibility index (Phi) is 4.53. The van der Waals surface area contributed by atoms with Gasteiger partial charge in [0.25, 0.3) is 0 Å². The van der Waals surface area contributed by atoms with Crippen LogP contribution in [0.25, 0.3) is 0 Å². The number of nitrogens with zero attached hydrogens (tertiary/aromatic N) is 1. The van der Waals surface area contributed by atoms with Crippen LogP contribution in [0, 0.1) is 0 Å². The summed E-state index contributed by atoms with van der Waals surface area (Å²) in [7, 11) is 0. The van der Waals surface area contributed by atoms with Crippen LogP contribution in [-0.4, -0.2) is 29.4 Å². The summed E-state index contributed by atoms with van der Waals surface area (Å²) in [4.78, 5) is 14.0. The summed E-state index contributed by atoms with van der Waals surface area (Å²) in [6.45, 7) is 6.34. The van der Waals surface area contributed by atoms with E-state index in [-0.39, 0.29) is 5.91 Å². The third-order valence-corrected chi connectivity index (χ3v) is 5.39. The van der Waals surface area contributed by atoms with Gasteiger partial charge in [-0.05, 0) is 74.9 Å². The van der Waals surface area contributed by atoms with E-state index in [0.717, 1.165) is 12.1 Å². The minimum Gasteiger partial charge on any atom is -0.326 e. The Hall–Kier alpha value is -1.35. The van der Waals surface area contributed by atoms with E-state index in [0.29, 0.717) is 5.54 Å². The lowest BCUT2D eigenvalue weighted by Crippen LogP contribution is -2.55. The zero-order valence-corrected chi connectivity index (χ0v) is 14.0. The maximum atomic E-state index is 11.3. The molecule has 1 aromatic rings. The van der Waals surface area contributed by atoms with Gasteiger partial charge in [0.1, 0.15) is 0 Å². The van der Waals surface area contributed by atoms with Gasteiger partial charge in [0, 0.05) is 18.2 Å². The normalized spacial score (nSPS) is 25.0. The molecular weight excluding hydrogens is 272 g/mol. The molecule has 2 aliphatic rings. The van der Waals surface area contributed by atoms with Crippen molar-refractivity contribution in [2.24, 2.45) is 0 Å². The number of carbonyl (C=O) groups is 1. The van der Waals surface area contributed by atoms with E-state index < -0.39 is 0 Å². The number of hydrogen-bond donors (Lipinski definition) is 1. The van der Waals surface area contributed by atoms with Crippen LogP contribution in [-0.2, 0) is 17.6 Å². The number of carbonyl (C=O) groups excluding carboxylic acids is 1. The van der Waals surface area contributed by atoms with Gasteiger partial charge in [-0.15, -0.1) is 0 Å². The number of rotatable bonds is 3. The molecule has 1 unspecified atom stereocenters. The molecule has 0 radical (unpaired) electrons. The zero-order chi connectivity index (χ0) is 15.6. The molecule has 0 saturated carbocycles. The fraction of sp³-hybridized carbons (Fsp3) is 0.632. The van der Waals surface area contributed by atoms with Gasteiger partial charge in [-0.2, -0.15) is 0 Å². The Morgan fingerprint density at radius 1 is 1.27 bits per heavy atom. The lowest BCUT2D eigenvalue weighted by molar-refractivity contribution is -0.114. The van der Waals surface area contributed by atoms with Crippen LogP contribution in [0.1, 0.15) is 57.1 Å². The average Bonchev–Trinajstić information content (AvgIpc) is 2.49. The van der Waals surface area contributed by atoms with E-state index in [1.54, 1.807) is 6.92 Å². The van der Waals surface area contributed by atoms with Crippen LogP contribution in [0.2, 0.25) is 0 Å². The summed E-state index contributed by atoms with van der Waals surface area (Å²) in [5, 5.41) is 2.93. The number of aryl methyl sites for hydroxylation is 1. The number of hydrogen-bond acceptors (Lipinski definition) is 2. The summed E-state index contributed by atoms with van der Waals surface area (Å²) >= 11 is 0. The maximum absolute atomic E-state index is 11.3. The third-order valence-electron chi connectivity index (χ3n) is 5.39. The van der Waals surface area contributed by atoms with Gasteiger partial charge >= 0.3 is 0 Å². The molecule has 1 aromatic carbocycles. The van der Waals surface area contributed by atoms with Crippen molar-refractivity contribution < 1.29 is 4.79 Å². The second-order valence-electron chi connectivity index (χ2n) is 7.01. The van der Waals surface area contributed by atoms with Crippen molar-refractivity contribution in [3.8, 4) is 0 Å². The molecule has 1 N–H and O–H groups in total. The van der Waals surface area contributed by atoms with Crippen molar-refractivity contribution >= 4 is 11.6 Å². The van der Waals surface area contributed by atoms with Crippen LogP contribution >= 0.6 is 0 Å². The standard InChI is InChI=1S/C19H28N2O/c1-3-11-21-12-5-4-9-19(21)10-8-16-6-7-18(20-15(2)22)13-17(16)14-19/h6-7,13H,3-5,8-12,14H2,1-2H3,(H,20,22). The topological polar surface area (TPSA) is 32.3 Å². The fourth-order valence-electron chi connectivity index (χ4n) is 4.38. The van der Waals surface area contributed by atoms with Gasteiger partial charge in [0.15, 0.2) is 0 Å². The second kappa shape index (κ2) is 6.41. The molecule has 0 aromatic heterocycles. The minimum absolute atomic E-state index is 0.00995. The van der Waals surface area contributed by atoms with Crippen molar-refractivity contribution in [1.29, 1.82) is 0 Å². The lowest BCUT2D eigenvalue weighted by Gasteiger charge is -2.50. The minimum atomic E-state index is 0.00995. The second-order valence-corrected chi connectivity index (χ2v) is 7.01. The van der Waals surface area contributed by atoms with Crippen LogP contribution < -0.4 is 5.32 Å². The highest BCUT2D eigenvalue weighted by molar-refractivity contribution is 5.88. The van der Waals surface area contributed by atoms with Gasteiger partial charge < -0.3 is 5.32 Å². The number of amides is 1. The van der Waals surface area contributed by atoms with Crippen molar-refractivity contribution in [3.05, 3.63) is 29.3 Å². The fourth-order valence-corrected chi connectivity index (χ4v) is 4.38. The van der Waals surface area contributed by atoms with Gasteiger partial charge in [-0.1, -0.05) is 19.4 Å². The van der Waals surface area contributed by atoms with Crippen molar-refractivity contribution in [1.82, 2.24) is 4.90 Å². The van der Waals surface area contributed by atoms with Crippen molar-refractivity contribution in [2.75, 3.05) is 18.4 Å². The number of likely N-dealkylation sites (tertiary alicyclic amines) is 1. The van der Waals surface area contributed by atoms with E-state index >= 15 is 0 Å². The number of benzene rings is 1. The molecule has 1 heterocycles. The molecule has 120 valence electrons. The maximum Gasteiger partial charge on any atom is 0.221 e. The Labute approximate surface area is 134 Å². The van der Waals surface area contributed by atoms with Crippen LogP contribution in [0.3, 0.4) is 0 Å². The molecule has 22 heavy (non-hydrogen) atoms. The molecule has 1 fully saturated rings. The van der Waals surface area contributed by atoms with Crippen molar-refractivity contribution in [2.45, 2.75) is 64.3 Å². The first-order chi connectivity index (χ1) is 10.6. The third kappa shape index (κ3) is 3.05. The predicted octanol–water partition coefficient (Wildman–Crippen LogP) is 3.77. The Morgan fingerprint density at radius 3 is 2.91 bits per heavy atom. The molecule has 1 atom stereocenters. The summed E-state index contributed by atoms with van der Waals surface area (Å²) in [5.41, 5.74) is 4.24. The highest BCUT2D eigenvalue weighted by Crippen LogP contribution is 2.40. The number of anilines is 1. The van der Waals surface area contributed by atoms with Gasteiger partial charge in [0.2, 0.25) is 5.91 Å². The monoisotopic (exact) mass is 300 g/mol. The van der Waals surface area contributed by atoms with Crippen molar-refractivity contribution in [3.63, 3.8) is 0 Å². The van der Waals surface area contributed by atoms with Crippen LogP contribution in [0.15, 0.2) is 18.2 Å². The summed E-state index contributed by atoms with van der Waals surface area (Å²) in [6, 6.07) is 6.46. The van der Waals surface area contributed by atoms with E-state index in [9.17, 15) is 4.79 Å². The molecule has 1 spiro atoms. The Morgan fingerprint density at radius 2 is 2.14 bits per heavy atom. The highest BCUT2D eigenvalue weighted by atomic mass is 16.1. The molecule has 3 rings (SSSR count). The molecule has 3 nitrogen and oxygen atoms in total. The molecule has 0 bridgehead atoms. The number of fused-ring (bicyclic) bond motifs is 1. The molecule has 1 amide bonds. The summed E-state index contributed by atoms with van der Waals surface area (Å²) < 4.78 is 0. The van der Waals surface area contributed by atoms with Crippen LogP contribution in [0.4, 0.5) is 5.69 Å². The summed E-state index contributed by atoms with van der Waals surface area (Å²) in [6.07, 6.45) is 8.89. The SMILES string of the molecule is CCCN1CCCCC12CCc1ccc(NC(C)=O)cc1C2. The predicted molar refractivity (Wildman–Crippen MR) is 91.2 cm³/mol. The molecule has 1 saturated heterocycles. The Balaban J connectivity index is 1.85. The Bertz CT molecular complexity index is 552. The van der Waals surface area contributed by atoms with E-state index in [2.05, 4.69) is 29.3 Å². The number of piperidine rings is 1. The zero-order valence-electron chi connectivity index (χ0n) is 14.0. The average molecular weight is 300 g/mol. The van der Waals surface area contributed by atoms with Crippen LogP contribution in [0.5, 0.6) is 0 Å². The smallest absolute Gasteiger partial charge is 0.221 e. The first kappa shape index (κ1) is 15.5. The number of nitrogens with one attached hydrogen (secondary N) is 1. The molecule has 1 aliphatic carbocycles.